The van der Waals surface area contributed by atoms with Crippen LogP contribution < -0.4 is 10.6 Å². The number of hydrogen-bond acceptors (Lipinski definition) is 4. The highest BCUT2D eigenvalue weighted by Crippen LogP contribution is 2.36. The molecule has 0 radical (unpaired) electrons. The van der Waals surface area contributed by atoms with Crippen LogP contribution in [0.5, 0.6) is 0 Å². The summed E-state index contributed by atoms with van der Waals surface area (Å²) in [6.45, 7) is 7.86. The quantitative estimate of drug-likeness (QED) is 0.352. The van der Waals surface area contributed by atoms with E-state index in [9.17, 15) is 9.59 Å². The lowest BCUT2D eigenvalue weighted by Gasteiger charge is -2.32. The van der Waals surface area contributed by atoms with E-state index in [1.165, 1.54) is 0 Å². The highest BCUT2D eigenvalue weighted by molar-refractivity contribution is 6.35. The van der Waals surface area contributed by atoms with Crippen molar-refractivity contribution < 1.29 is 9.59 Å². The van der Waals surface area contributed by atoms with Crippen LogP contribution in [0.4, 0.5) is 5.69 Å². The van der Waals surface area contributed by atoms with Crippen molar-refractivity contribution in [2.75, 3.05) is 51.6 Å². The maximum atomic E-state index is 13.4. The van der Waals surface area contributed by atoms with Crippen molar-refractivity contribution in [2.45, 2.75) is 13.3 Å². The van der Waals surface area contributed by atoms with Crippen LogP contribution in [-0.4, -0.2) is 72.9 Å². The normalized spacial score (nSPS) is 17.3. The topological polar surface area (TPSA) is 80.5 Å². The zero-order valence-corrected chi connectivity index (χ0v) is 20.9. The Bertz CT molecular complexity index is 1290. The van der Waals surface area contributed by atoms with Crippen molar-refractivity contribution >= 4 is 29.2 Å². The van der Waals surface area contributed by atoms with Gasteiger partial charge in [-0.3, -0.25) is 9.59 Å². The van der Waals surface area contributed by atoms with Crippen molar-refractivity contribution in [1.29, 1.82) is 0 Å². The molecule has 0 spiro atoms. The lowest BCUT2D eigenvalue weighted by atomic mass is 9.97. The molecule has 1 aromatic heterocycles. The number of likely N-dealkylation sites (N-methyl/N-ethyl adjacent to an activating group) is 1. The minimum absolute atomic E-state index is 0.0955. The fourth-order valence-corrected chi connectivity index (χ4v) is 5.04. The van der Waals surface area contributed by atoms with Gasteiger partial charge in [0.05, 0.1) is 11.1 Å². The Morgan fingerprint density at radius 2 is 1.75 bits per heavy atom. The summed E-state index contributed by atoms with van der Waals surface area (Å²) in [6.07, 6.45) is 2.77. The van der Waals surface area contributed by atoms with Crippen molar-refractivity contribution in [2.24, 2.45) is 0 Å². The Hall–Kier alpha value is -3.68. The van der Waals surface area contributed by atoms with E-state index in [1.807, 2.05) is 67.6 Å². The SMILES string of the molecule is Cc1[nH]c(/C=C2\C(=O)Nc3ccccc32)c(-c2ccccc2)c1C(=O)NCCCN1CCN(C)CC1. The zero-order chi connectivity index (χ0) is 25.1. The van der Waals surface area contributed by atoms with Crippen LogP contribution in [0.3, 0.4) is 0 Å². The number of aryl methyl sites for hydroxylation is 1. The van der Waals surface area contributed by atoms with Crippen LogP contribution in [-0.2, 0) is 4.79 Å². The maximum absolute atomic E-state index is 13.4. The molecule has 7 heteroatoms. The number of amides is 2. The minimum atomic E-state index is -0.141. The van der Waals surface area contributed by atoms with Gasteiger partial charge in [0.15, 0.2) is 0 Å². The number of aromatic amines is 1. The number of nitrogens with zero attached hydrogens (tertiary/aromatic N) is 2. The van der Waals surface area contributed by atoms with E-state index in [2.05, 4.69) is 32.5 Å². The van der Waals surface area contributed by atoms with Gasteiger partial charge in [-0.25, -0.2) is 0 Å². The Balaban J connectivity index is 1.39. The van der Waals surface area contributed by atoms with Gasteiger partial charge in [-0.1, -0.05) is 48.5 Å². The molecule has 0 saturated carbocycles. The monoisotopic (exact) mass is 483 g/mol. The van der Waals surface area contributed by atoms with E-state index in [0.717, 1.165) is 72.9 Å². The van der Waals surface area contributed by atoms with E-state index in [4.69, 9.17) is 0 Å². The molecule has 3 aromatic rings. The summed E-state index contributed by atoms with van der Waals surface area (Å²) < 4.78 is 0. The van der Waals surface area contributed by atoms with Gasteiger partial charge in [-0.05, 0) is 44.6 Å². The Morgan fingerprint density at radius 1 is 1.03 bits per heavy atom. The van der Waals surface area contributed by atoms with Gasteiger partial charge >= 0.3 is 0 Å². The molecule has 36 heavy (non-hydrogen) atoms. The average molecular weight is 484 g/mol. The second-order valence-corrected chi connectivity index (χ2v) is 9.59. The van der Waals surface area contributed by atoms with Crippen molar-refractivity contribution in [1.82, 2.24) is 20.1 Å². The summed E-state index contributed by atoms with van der Waals surface area (Å²) in [4.78, 5) is 34.4. The lowest BCUT2D eigenvalue weighted by Crippen LogP contribution is -2.45. The number of fused-ring (bicyclic) bond motifs is 1. The Morgan fingerprint density at radius 3 is 2.53 bits per heavy atom. The van der Waals surface area contributed by atoms with Crippen molar-refractivity contribution in [3.63, 3.8) is 0 Å². The van der Waals surface area contributed by atoms with Crippen LogP contribution in [0, 0.1) is 6.92 Å². The van der Waals surface area contributed by atoms with Crippen LogP contribution in [0.15, 0.2) is 54.6 Å². The van der Waals surface area contributed by atoms with Gasteiger partial charge in [-0.2, -0.15) is 0 Å². The number of rotatable bonds is 7. The molecule has 1 fully saturated rings. The fraction of sp³-hybridized carbons (Fsp3) is 0.310. The summed E-state index contributed by atoms with van der Waals surface area (Å²) in [6, 6.07) is 17.5. The first-order chi connectivity index (χ1) is 17.5. The first-order valence-corrected chi connectivity index (χ1v) is 12.6. The van der Waals surface area contributed by atoms with Gasteiger partial charge < -0.3 is 25.4 Å². The van der Waals surface area contributed by atoms with E-state index >= 15 is 0 Å². The Labute approximate surface area is 212 Å². The highest BCUT2D eigenvalue weighted by Gasteiger charge is 2.26. The molecule has 2 aliphatic heterocycles. The van der Waals surface area contributed by atoms with E-state index < -0.39 is 0 Å². The number of hydrogen-bond donors (Lipinski definition) is 3. The second kappa shape index (κ2) is 10.5. The number of para-hydroxylation sites is 1. The average Bonchev–Trinajstić information content (AvgIpc) is 3.39. The number of nitrogens with one attached hydrogen (secondary N) is 3. The number of carbonyl (C=O) groups excluding carboxylic acids is 2. The molecule has 2 amide bonds. The van der Waals surface area contributed by atoms with Crippen LogP contribution in [0.1, 0.15) is 33.7 Å². The molecule has 2 aliphatic rings. The first kappa shape index (κ1) is 24.0. The van der Waals surface area contributed by atoms with Gasteiger partial charge in [0, 0.05) is 60.9 Å². The summed E-state index contributed by atoms with van der Waals surface area (Å²) in [5.41, 5.74) is 6.16. The van der Waals surface area contributed by atoms with Crippen LogP contribution in [0.25, 0.3) is 22.8 Å². The van der Waals surface area contributed by atoms with Gasteiger partial charge in [0.1, 0.15) is 0 Å². The third kappa shape index (κ3) is 4.98. The molecule has 5 rings (SSSR count). The first-order valence-electron chi connectivity index (χ1n) is 12.6. The Kier molecular flexibility index (Phi) is 7.02. The van der Waals surface area contributed by atoms with Crippen molar-refractivity contribution in [3.8, 4) is 11.1 Å². The summed E-state index contributed by atoms with van der Waals surface area (Å²) in [5, 5.41) is 6.06. The highest BCUT2D eigenvalue weighted by atomic mass is 16.2. The molecule has 1 saturated heterocycles. The standard InChI is InChI=1S/C29H33N5O2/c1-20-26(29(36)30-13-8-14-34-17-15-33(2)16-18-34)27(21-9-4-3-5-10-21)25(31-20)19-23-22-11-6-7-12-24(22)32-28(23)35/h3-7,9-12,19,31H,8,13-18H2,1-2H3,(H,30,36)(H,32,35)/b23-19-. The molecule has 0 bridgehead atoms. The largest absolute Gasteiger partial charge is 0.358 e. The number of anilines is 1. The summed E-state index contributed by atoms with van der Waals surface area (Å²) in [7, 11) is 2.16. The van der Waals surface area contributed by atoms with E-state index in [0.29, 0.717) is 17.7 Å². The van der Waals surface area contributed by atoms with Crippen LogP contribution >= 0.6 is 0 Å². The smallest absolute Gasteiger partial charge is 0.256 e. The molecular weight excluding hydrogens is 450 g/mol. The molecule has 0 atom stereocenters. The van der Waals surface area contributed by atoms with E-state index in [1.54, 1.807) is 0 Å². The third-order valence-corrected chi connectivity index (χ3v) is 7.04. The van der Waals surface area contributed by atoms with E-state index in [-0.39, 0.29) is 11.8 Å². The second-order valence-electron chi connectivity index (χ2n) is 9.59. The number of H-pyrrole nitrogens is 1. The lowest BCUT2D eigenvalue weighted by molar-refractivity contribution is -0.110. The third-order valence-electron chi connectivity index (χ3n) is 7.04. The fourth-order valence-electron chi connectivity index (χ4n) is 5.04. The van der Waals surface area contributed by atoms with Gasteiger partial charge in [0.2, 0.25) is 0 Å². The predicted molar refractivity (Wildman–Crippen MR) is 145 cm³/mol. The molecule has 0 aliphatic carbocycles. The molecule has 0 unspecified atom stereocenters. The molecule has 3 N–H and O–H groups in total. The number of piperazine rings is 1. The number of benzene rings is 2. The zero-order valence-electron chi connectivity index (χ0n) is 20.9. The van der Waals surface area contributed by atoms with Crippen molar-refractivity contribution in [3.05, 3.63) is 77.1 Å². The molecule has 3 heterocycles. The number of carbonyl (C=O) groups is 2. The maximum Gasteiger partial charge on any atom is 0.256 e. The van der Waals surface area contributed by atoms with Gasteiger partial charge in [-0.15, -0.1) is 0 Å². The predicted octanol–water partition coefficient (Wildman–Crippen LogP) is 3.85. The minimum Gasteiger partial charge on any atom is -0.358 e. The molecular formula is C29H33N5O2. The molecule has 186 valence electrons. The summed E-state index contributed by atoms with van der Waals surface area (Å²) >= 11 is 0. The molecule has 2 aromatic carbocycles. The van der Waals surface area contributed by atoms with Gasteiger partial charge in [0.25, 0.3) is 11.8 Å². The molecule has 7 nitrogen and oxygen atoms in total. The van der Waals surface area contributed by atoms with Crippen LogP contribution in [0.2, 0.25) is 0 Å². The number of aromatic nitrogens is 1. The summed E-state index contributed by atoms with van der Waals surface area (Å²) in [5.74, 6) is -0.237.